The lowest BCUT2D eigenvalue weighted by molar-refractivity contribution is -0.167. The summed E-state index contributed by atoms with van der Waals surface area (Å²) in [6.45, 7) is 13.7. The maximum Gasteiger partial charge on any atom is 0.306 e. The Bertz CT molecular complexity index is 870. The number of ether oxygens (including phenoxy) is 3. The molecule has 0 aromatic rings. The van der Waals surface area contributed by atoms with Crippen molar-refractivity contribution < 1.29 is 28.6 Å². The molecule has 6 nitrogen and oxygen atoms in total. The fourth-order valence-electron chi connectivity index (χ4n) is 7.38. The first kappa shape index (κ1) is 54.4. The van der Waals surface area contributed by atoms with E-state index in [4.69, 9.17) is 14.2 Å². The zero-order valence-corrected chi connectivity index (χ0v) is 38.4. The first-order chi connectivity index (χ1) is 27.1. The van der Waals surface area contributed by atoms with E-state index < -0.39 is 6.10 Å². The number of rotatable bonds is 43. The zero-order valence-electron chi connectivity index (χ0n) is 38.4. The Labute approximate surface area is 348 Å². The normalized spacial score (nSPS) is 12.6. The summed E-state index contributed by atoms with van der Waals surface area (Å²) in [5.74, 6) is 1.61. The summed E-state index contributed by atoms with van der Waals surface area (Å²) >= 11 is 0. The molecular formula is C50H96O6. The Hall–Kier alpha value is -1.59. The van der Waals surface area contributed by atoms with E-state index in [1.54, 1.807) is 0 Å². The topological polar surface area (TPSA) is 78.9 Å². The number of carbonyl (C=O) groups is 3. The monoisotopic (exact) mass is 793 g/mol. The van der Waals surface area contributed by atoms with E-state index in [0.717, 1.165) is 75.5 Å². The second-order valence-corrected chi connectivity index (χ2v) is 18.3. The van der Waals surface area contributed by atoms with E-state index in [1.165, 1.54) is 148 Å². The Balaban J connectivity index is 4.29. The molecule has 1 unspecified atom stereocenters. The smallest absolute Gasteiger partial charge is 0.306 e. The van der Waals surface area contributed by atoms with Gasteiger partial charge in [0.25, 0.3) is 0 Å². The molecule has 2 atom stereocenters. The molecule has 0 fully saturated rings. The molecule has 0 saturated carbocycles. The molecular weight excluding hydrogens is 697 g/mol. The second kappa shape index (κ2) is 41.6. The second-order valence-electron chi connectivity index (χ2n) is 18.3. The van der Waals surface area contributed by atoms with Crippen LogP contribution in [0.2, 0.25) is 0 Å². The summed E-state index contributed by atoms with van der Waals surface area (Å²) in [5, 5.41) is 0. The van der Waals surface area contributed by atoms with E-state index in [1.807, 2.05) is 0 Å². The zero-order chi connectivity index (χ0) is 41.3. The van der Waals surface area contributed by atoms with Crippen LogP contribution < -0.4 is 0 Å². The molecule has 0 saturated heterocycles. The Morgan fingerprint density at radius 3 is 0.929 bits per heavy atom. The molecule has 0 amide bonds. The number of carbonyl (C=O) groups excluding carboxylic acids is 3. The summed E-state index contributed by atoms with van der Waals surface area (Å²) in [6.07, 6.45) is 39.5. The fraction of sp³-hybridized carbons (Fsp3) is 0.940. The Morgan fingerprint density at radius 2 is 0.625 bits per heavy atom. The summed E-state index contributed by atoms with van der Waals surface area (Å²) in [5.41, 5.74) is 0. The third-order valence-electron chi connectivity index (χ3n) is 11.5. The van der Waals surface area contributed by atoms with Gasteiger partial charge in [-0.05, 0) is 37.0 Å². The standard InChI is InChI=1S/C50H96O6/c1-7-46(6)38-32-26-20-15-16-22-28-34-40-49(52)55-43-47(56-50(53)41-35-29-23-17-19-25-31-37-45(4)5)42-54-48(51)39-33-27-21-14-12-10-8-9-11-13-18-24-30-36-44(2)3/h44-47H,7-43H2,1-6H3/t46?,47-/m1/s1. The average Bonchev–Trinajstić information content (AvgIpc) is 3.16. The molecule has 0 radical (unpaired) electrons. The molecule has 56 heavy (non-hydrogen) atoms. The number of hydrogen-bond acceptors (Lipinski definition) is 6. The molecule has 0 heterocycles. The lowest BCUT2D eigenvalue weighted by Gasteiger charge is -2.18. The lowest BCUT2D eigenvalue weighted by Crippen LogP contribution is -2.30. The van der Waals surface area contributed by atoms with Gasteiger partial charge in [-0.2, -0.15) is 0 Å². The van der Waals surface area contributed by atoms with Crippen molar-refractivity contribution in [3.05, 3.63) is 0 Å². The maximum atomic E-state index is 12.7. The third kappa shape index (κ3) is 42.0. The lowest BCUT2D eigenvalue weighted by atomic mass is 9.99. The highest BCUT2D eigenvalue weighted by Crippen LogP contribution is 2.18. The minimum absolute atomic E-state index is 0.0659. The van der Waals surface area contributed by atoms with Crippen LogP contribution in [-0.2, 0) is 28.6 Å². The Kier molecular flexibility index (Phi) is 40.4. The average molecular weight is 793 g/mol. The molecule has 0 aromatic heterocycles. The summed E-state index contributed by atoms with van der Waals surface area (Å²) in [7, 11) is 0. The van der Waals surface area contributed by atoms with Crippen LogP contribution in [0.15, 0.2) is 0 Å². The summed E-state index contributed by atoms with van der Waals surface area (Å²) in [4.78, 5) is 37.8. The van der Waals surface area contributed by atoms with Crippen molar-refractivity contribution in [3.63, 3.8) is 0 Å². The van der Waals surface area contributed by atoms with Crippen LogP contribution in [-0.4, -0.2) is 37.2 Å². The van der Waals surface area contributed by atoms with Gasteiger partial charge in [0.2, 0.25) is 0 Å². The molecule has 0 aliphatic heterocycles. The molecule has 0 aliphatic rings. The van der Waals surface area contributed by atoms with E-state index >= 15 is 0 Å². The molecule has 0 bridgehead atoms. The highest BCUT2D eigenvalue weighted by atomic mass is 16.6. The van der Waals surface area contributed by atoms with Crippen molar-refractivity contribution in [2.24, 2.45) is 17.8 Å². The first-order valence-corrected chi connectivity index (χ1v) is 24.6. The molecule has 0 rings (SSSR count). The van der Waals surface area contributed by atoms with Crippen molar-refractivity contribution in [2.75, 3.05) is 13.2 Å². The van der Waals surface area contributed by atoms with E-state index in [0.29, 0.717) is 19.3 Å². The van der Waals surface area contributed by atoms with Gasteiger partial charge in [0.15, 0.2) is 6.10 Å². The number of esters is 3. The quantitative estimate of drug-likeness (QED) is 0.0348. The molecule has 0 aliphatic carbocycles. The predicted molar refractivity (Wildman–Crippen MR) is 238 cm³/mol. The van der Waals surface area contributed by atoms with E-state index in [2.05, 4.69) is 41.5 Å². The highest BCUT2D eigenvalue weighted by molar-refractivity contribution is 5.71. The molecule has 0 spiro atoms. The predicted octanol–water partition coefficient (Wildman–Crippen LogP) is 15.6. The van der Waals surface area contributed by atoms with Crippen molar-refractivity contribution >= 4 is 17.9 Å². The van der Waals surface area contributed by atoms with E-state index in [-0.39, 0.29) is 31.1 Å². The minimum Gasteiger partial charge on any atom is -0.462 e. The minimum atomic E-state index is -0.762. The summed E-state index contributed by atoms with van der Waals surface area (Å²) < 4.78 is 16.8. The van der Waals surface area contributed by atoms with Crippen LogP contribution in [0.3, 0.4) is 0 Å². The van der Waals surface area contributed by atoms with Crippen molar-refractivity contribution in [3.8, 4) is 0 Å². The van der Waals surface area contributed by atoms with Gasteiger partial charge in [0.1, 0.15) is 13.2 Å². The van der Waals surface area contributed by atoms with Crippen LogP contribution in [0.25, 0.3) is 0 Å². The molecule has 332 valence electrons. The Morgan fingerprint density at radius 1 is 0.357 bits per heavy atom. The van der Waals surface area contributed by atoms with Gasteiger partial charge in [0.05, 0.1) is 0 Å². The van der Waals surface area contributed by atoms with Gasteiger partial charge in [0, 0.05) is 19.3 Å². The van der Waals surface area contributed by atoms with Gasteiger partial charge < -0.3 is 14.2 Å². The van der Waals surface area contributed by atoms with Crippen LogP contribution in [0, 0.1) is 17.8 Å². The van der Waals surface area contributed by atoms with Gasteiger partial charge in [-0.25, -0.2) is 0 Å². The SMILES string of the molecule is CCC(C)CCCCCCCCCCC(=O)OC[C@@H](COC(=O)CCCCCCCCCCCCCCCC(C)C)OC(=O)CCCCCCCCCC(C)C. The van der Waals surface area contributed by atoms with E-state index in [9.17, 15) is 14.4 Å². The van der Waals surface area contributed by atoms with Gasteiger partial charge in [-0.3, -0.25) is 14.4 Å². The summed E-state index contributed by atoms with van der Waals surface area (Å²) in [6, 6.07) is 0. The largest absolute Gasteiger partial charge is 0.462 e. The van der Waals surface area contributed by atoms with Crippen molar-refractivity contribution in [1.82, 2.24) is 0 Å². The van der Waals surface area contributed by atoms with Gasteiger partial charge in [-0.1, -0.05) is 228 Å². The van der Waals surface area contributed by atoms with Gasteiger partial charge in [-0.15, -0.1) is 0 Å². The van der Waals surface area contributed by atoms with Gasteiger partial charge >= 0.3 is 17.9 Å². The fourth-order valence-corrected chi connectivity index (χ4v) is 7.38. The maximum absolute atomic E-state index is 12.7. The van der Waals surface area contributed by atoms with Crippen LogP contribution in [0.1, 0.15) is 266 Å². The molecule has 6 heteroatoms. The first-order valence-electron chi connectivity index (χ1n) is 24.6. The third-order valence-corrected chi connectivity index (χ3v) is 11.5. The molecule has 0 aromatic carbocycles. The van der Waals surface area contributed by atoms with Crippen LogP contribution in [0.4, 0.5) is 0 Å². The number of unbranched alkanes of at least 4 members (excludes halogenated alkanes) is 25. The number of hydrogen-bond donors (Lipinski definition) is 0. The van der Waals surface area contributed by atoms with Crippen molar-refractivity contribution in [1.29, 1.82) is 0 Å². The van der Waals surface area contributed by atoms with Crippen LogP contribution >= 0.6 is 0 Å². The van der Waals surface area contributed by atoms with Crippen molar-refractivity contribution in [2.45, 2.75) is 272 Å². The molecule has 0 N–H and O–H groups in total. The highest BCUT2D eigenvalue weighted by Gasteiger charge is 2.19. The van der Waals surface area contributed by atoms with Crippen LogP contribution in [0.5, 0.6) is 0 Å².